The predicted octanol–water partition coefficient (Wildman–Crippen LogP) is 3.57. The van der Waals surface area contributed by atoms with Crippen LogP contribution in [0.1, 0.15) is 49.4 Å². The molecule has 2 rings (SSSR count). The second-order valence-corrected chi connectivity index (χ2v) is 5.73. The summed E-state index contributed by atoms with van der Waals surface area (Å²) in [5.41, 5.74) is 0.609. The van der Waals surface area contributed by atoms with Gasteiger partial charge in [-0.25, -0.2) is 4.98 Å². The number of hydrogen-bond acceptors (Lipinski definition) is 3. The summed E-state index contributed by atoms with van der Waals surface area (Å²) in [6.07, 6.45) is 5.62. The highest BCUT2D eigenvalue weighted by atomic mass is 35.5. The van der Waals surface area contributed by atoms with Crippen LogP contribution in [-0.2, 0) is 0 Å². The van der Waals surface area contributed by atoms with Crippen molar-refractivity contribution in [3.63, 3.8) is 0 Å². The molecular formula is C15H22ClN3O. The van der Waals surface area contributed by atoms with Gasteiger partial charge in [-0.2, -0.15) is 0 Å². The molecule has 0 bridgehead atoms. The van der Waals surface area contributed by atoms with E-state index in [1.165, 1.54) is 12.8 Å². The number of anilines is 1. The summed E-state index contributed by atoms with van der Waals surface area (Å²) >= 11 is 6.02. The molecule has 0 radical (unpaired) electrons. The van der Waals surface area contributed by atoms with Crippen molar-refractivity contribution in [1.29, 1.82) is 0 Å². The van der Waals surface area contributed by atoms with Crippen LogP contribution in [0.5, 0.6) is 0 Å². The lowest BCUT2D eigenvalue weighted by Gasteiger charge is -2.24. The number of pyridine rings is 1. The van der Waals surface area contributed by atoms with E-state index in [0.29, 0.717) is 22.6 Å². The maximum atomic E-state index is 12.5. The molecule has 1 heterocycles. The Labute approximate surface area is 125 Å². The summed E-state index contributed by atoms with van der Waals surface area (Å²) in [5, 5.41) is 3.53. The molecule has 1 amide bonds. The number of carbonyl (C=O) groups excluding carboxylic acids is 1. The van der Waals surface area contributed by atoms with Gasteiger partial charge in [0.1, 0.15) is 11.0 Å². The van der Waals surface area contributed by atoms with E-state index in [0.717, 1.165) is 25.8 Å². The van der Waals surface area contributed by atoms with E-state index >= 15 is 0 Å². The van der Waals surface area contributed by atoms with Crippen LogP contribution in [0.15, 0.2) is 12.1 Å². The van der Waals surface area contributed by atoms with Crippen molar-refractivity contribution >= 4 is 23.3 Å². The normalized spacial score (nSPS) is 15.3. The first-order valence-corrected chi connectivity index (χ1v) is 7.68. The maximum Gasteiger partial charge on any atom is 0.254 e. The molecule has 0 saturated heterocycles. The zero-order valence-electron chi connectivity index (χ0n) is 12.2. The number of hydrogen-bond donors (Lipinski definition) is 1. The summed E-state index contributed by atoms with van der Waals surface area (Å²) in [5.74, 6) is 0.697. The quantitative estimate of drug-likeness (QED) is 0.845. The summed E-state index contributed by atoms with van der Waals surface area (Å²) in [6, 6.07) is 3.79. The van der Waals surface area contributed by atoms with Gasteiger partial charge in [-0.15, -0.1) is 0 Å². The maximum absolute atomic E-state index is 12.5. The van der Waals surface area contributed by atoms with Gasteiger partial charge in [-0.3, -0.25) is 4.79 Å². The van der Waals surface area contributed by atoms with Gasteiger partial charge in [0.25, 0.3) is 5.91 Å². The van der Waals surface area contributed by atoms with Crippen molar-refractivity contribution in [2.24, 2.45) is 0 Å². The molecule has 0 spiro atoms. The number of rotatable bonds is 5. The Morgan fingerprint density at radius 2 is 2.15 bits per heavy atom. The Morgan fingerprint density at radius 1 is 1.45 bits per heavy atom. The molecule has 0 unspecified atom stereocenters. The van der Waals surface area contributed by atoms with Crippen molar-refractivity contribution in [2.45, 2.75) is 45.1 Å². The first-order chi connectivity index (χ1) is 9.61. The minimum atomic E-state index is 0.0285. The zero-order chi connectivity index (χ0) is 14.5. The molecule has 4 nitrogen and oxygen atoms in total. The third kappa shape index (κ3) is 3.63. The van der Waals surface area contributed by atoms with Crippen LogP contribution < -0.4 is 5.32 Å². The molecule has 20 heavy (non-hydrogen) atoms. The van der Waals surface area contributed by atoms with Crippen LogP contribution >= 0.6 is 11.6 Å². The largest absolute Gasteiger partial charge is 0.370 e. The van der Waals surface area contributed by atoms with E-state index in [-0.39, 0.29) is 5.91 Å². The lowest BCUT2D eigenvalue weighted by Crippen LogP contribution is -2.35. The third-order valence-corrected chi connectivity index (χ3v) is 3.98. The average Bonchev–Trinajstić information content (AvgIpc) is 2.97. The van der Waals surface area contributed by atoms with E-state index < -0.39 is 0 Å². The predicted molar refractivity (Wildman–Crippen MR) is 82.4 cm³/mol. The van der Waals surface area contributed by atoms with Gasteiger partial charge in [-0.05, 0) is 31.4 Å². The first kappa shape index (κ1) is 15.1. The van der Waals surface area contributed by atoms with Crippen LogP contribution in [0.25, 0.3) is 0 Å². The van der Waals surface area contributed by atoms with Gasteiger partial charge in [0, 0.05) is 25.2 Å². The van der Waals surface area contributed by atoms with E-state index in [1.54, 1.807) is 12.1 Å². The Morgan fingerprint density at radius 3 is 2.80 bits per heavy atom. The van der Waals surface area contributed by atoms with Crippen LogP contribution in [0.3, 0.4) is 0 Å². The third-order valence-electron chi connectivity index (χ3n) is 3.79. The van der Waals surface area contributed by atoms with Gasteiger partial charge in [0.15, 0.2) is 0 Å². The first-order valence-electron chi connectivity index (χ1n) is 7.30. The minimum Gasteiger partial charge on any atom is -0.370 e. The molecule has 110 valence electrons. The monoisotopic (exact) mass is 295 g/mol. The van der Waals surface area contributed by atoms with Gasteiger partial charge < -0.3 is 10.2 Å². The van der Waals surface area contributed by atoms with Crippen LogP contribution in [0.2, 0.25) is 5.15 Å². The fourth-order valence-corrected chi connectivity index (χ4v) is 2.83. The molecule has 0 atom stereocenters. The van der Waals surface area contributed by atoms with Crippen molar-refractivity contribution in [3.05, 3.63) is 22.8 Å². The topological polar surface area (TPSA) is 45.2 Å². The molecule has 1 saturated carbocycles. The number of halogens is 1. The van der Waals surface area contributed by atoms with Crippen molar-refractivity contribution in [3.8, 4) is 0 Å². The van der Waals surface area contributed by atoms with Crippen LogP contribution in [0, 0.1) is 0 Å². The molecule has 1 aliphatic carbocycles. The average molecular weight is 296 g/mol. The van der Waals surface area contributed by atoms with Crippen molar-refractivity contribution in [1.82, 2.24) is 9.88 Å². The van der Waals surface area contributed by atoms with Gasteiger partial charge in [-0.1, -0.05) is 31.4 Å². The molecule has 1 aliphatic rings. The molecule has 1 N–H and O–H groups in total. The molecule has 5 heteroatoms. The molecule has 0 aliphatic heterocycles. The fraction of sp³-hybridized carbons (Fsp3) is 0.600. The highest BCUT2D eigenvalue weighted by Gasteiger charge is 2.24. The second kappa shape index (κ2) is 6.93. The lowest BCUT2D eigenvalue weighted by atomic mass is 10.1. The lowest BCUT2D eigenvalue weighted by molar-refractivity contribution is 0.0735. The summed E-state index contributed by atoms with van der Waals surface area (Å²) in [6.45, 7) is 2.90. The van der Waals surface area contributed by atoms with Crippen molar-refractivity contribution < 1.29 is 4.79 Å². The Bertz CT molecular complexity index is 472. The minimum absolute atomic E-state index is 0.0285. The molecule has 1 fully saturated rings. The summed E-state index contributed by atoms with van der Waals surface area (Å²) in [7, 11) is 1.88. The second-order valence-electron chi connectivity index (χ2n) is 5.34. The highest BCUT2D eigenvalue weighted by Crippen LogP contribution is 2.24. The number of aromatic nitrogens is 1. The van der Waals surface area contributed by atoms with E-state index in [2.05, 4.69) is 17.2 Å². The Balaban J connectivity index is 2.13. The molecular weight excluding hydrogens is 274 g/mol. The number of carbonyl (C=O) groups is 1. The Hall–Kier alpha value is -1.29. The van der Waals surface area contributed by atoms with E-state index in [4.69, 9.17) is 11.6 Å². The van der Waals surface area contributed by atoms with E-state index in [1.807, 2.05) is 11.9 Å². The molecule has 1 aromatic heterocycles. The molecule has 0 aromatic carbocycles. The Kier molecular flexibility index (Phi) is 5.24. The van der Waals surface area contributed by atoms with E-state index in [9.17, 15) is 4.79 Å². The highest BCUT2D eigenvalue weighted by molar-refractivity contribution is 6.29. The van der Waals surface area contributed by atoms with Crippen LogP contribution in [-0.4, -0.2) is 35.4 Å². The van der Waals surface area contributed by atoms with Gasteiger partial charge in [0.2, 0.25) is 0 Å². The smallest absolute Gasteiger partial charge is 0.254 e. The number of nitrogens with zero attached hydrogens (tertiary/aromatic N) is 2. The van der Waals surface area contributed by atoms with Gasteiger partial charge in [0.05, 0.1) is 0 Å². The standard InChI is InChI=1S/C15H22ClN3O/c1-3-8-17-14-10-11(9-13(16)18-14)15(20)19(2)12-6-4-5-7-12/h9-10,12H,3-8H2,1-2H3,(H,17,18). The number of amides is 1. The number of nitrogens with one attached hydrogen (secondary N) is 1. The van der Waals surface area contributed by atoms with Gasteiger partial charge >= 0.3 is 0 Å². The van der Waals surface area contributed by atoms with Crippen LogP contribution in [0.4, 0.5) is 5.82 Å². The zero-order valence-corrected chi connectivity index (χ0v) is 12.9. The fourth-order valence-electron chi connectivity index (χ4n) is 2.63. The SMILES string of the molecule is CCCNc1cc(C(=O)N(C)C2CCCC2)cc(Cl)n1. The summed E-state index contributed by atoms with van der Waals surface area (Å²) < 4.78 is 0. The molecule has 1 aromatic rings. The summed E-state index contributed by atoms with van der Waals surface area (Å²) in [4.78, 5) is 18.6. The van der Waals surface area contributed by atoms with Crippen molar-refractivity contribution in [2.75, 3.05) is 18.9 Å².